The lowest BCUT2D eigenvalue weighted by atomic mass is 9.97. The molecule has 0 unspecified atom stereocenters. The van der Waals surface area contributed by atoms with E-state index >= 15 is 0 Å². The molecule has 0 atom stereocenters. The lowest BCUT2D eigenvalue weighted by Crippen LogP contribution is -1.88. The summed E-state index contributed by atoms with van der Waals surface area (Å²) in [5, 5.41) is 4.22. The van der Waals surface area contributed by atoms with Crippen LogP contribution in [0.2, 0.25) is 5.02 Å². The Bertz CT molecular complexity index is 1300. The summed E-state index contributed by atoms with van der Waals surface area (Å²) in [5.74, 6) is 4.21. The Hall–Kier alpha value is -2.89. The van der Waals surface area contributed by atoms with Gasteiger partial charge in [0, 0.05) is 11.1 Å². The summed E-state index contributed by atoms with van der Waals surface area (Å²) in [5.41, 5.74) is 2.43. The van der Waals surface area contributed by atoms with Crippen LogP contribution in [0, 0.1) is 23.5 Å². The largest absolute Gasteiger partial charge is 0.205 e. The molecule has 0 N–H and O–H groups in total. The molecule has 162 valence electrons. The van der Waals surface area contributed by atoms with Crippen LogP contribution < -0.4 is 0 Å². The number of hydrogen-bond acceptors (Lipinski definition) is 0. The van der Waals surface area contributed by atoms with E-state index in [-0.39, 0.29) is 5.56 Å². The van der Waals surface area contributed by atoms with Crippen molar-refractivity contribution in [3.05, 3.63) is 94.0 Å². The van der Waals surface area contributed by atoms with E-state index in [1.807, 2.05) is 12.1 Å². The van der Waals surface area contributed by atoms with Crippen LogP contribution in [0.15, 0.2) is 60.7 Å². The van der Waals surface area contributed by atoms with Crippen molar-refractivity contribution in [1.29, 1.82) is 0 Å². The zero-order chi connectivity index (χ0) is 22.5. The molecule has 0 radical (unpaired) electrons. The third-order valence-corrected chi connectivity index (χ3v) is 6.17. The van der Waals surface area contributed by atoms with Gasteiger partial charge in [0.25, 0.3) is 0 Å². The third kappa shape index (κ3) is 5.12. The van der Waals surface area contributed by atoms with Crippen LogP contribution in [-0.2, 0) is 6.42 Å². The molecule has 4 aromatic carbocycles. The SMILES string of the molecule is CCCCCCCc1ccc2c(ccc3cc(C#Cc4cc(F)c(Cl)c(F)c4)ccc32)c1. The number of rotatable bonds is 6. The second-order valence-electron chi connectivity index (χ2n) is 8.23. The topological polar surface area (TPSA) is 0 Å². The maximum atomic E-state index is 13.6. The number of benzene rings is 4. The molecular formula is C29H25ClF2. The molecule has 0 fully saturated rings. The summed E-state index contributed by atoms with van der Waals surface area (Å²) in [7, 11) is 0. The normalized spacial score (nSPS) is 11.0. The van der Waals surface area contributed by atoms with Gasteiger partial charge in [0.1, 0.15) is 16.7 Å². The van der Waals surface area contributed by atoms with E-state index in [1.54, 1.807) is 0 Å². The Morgan fingerprint density at radius 1 is 0.688 bits per heavy atom. The molecule has 4 aromatic rings. The standard InChI is InChI=1S/C29H25ClF2/c1-2-3-4-5-6-7-20-10-14-25-23(16-20)12-13-24-17-21(11-15-26(24)25)8-9-22-18-27(31)29(30)28(32)19-22/h10-19H,2-7H2,1H3. The van der Waals surface area contributed by atoms with E-state index in [0.29, 0.717) is 0 Å². The number of aryl methyl sites for hydroxylation is 1. The first-order chi connectivity index (χ1) is 15.5. The van der Waals surface area contributed by atoms with Crippen molar-refractivity contribution in [1.82, 2.24) is 0 Å². The molecule has 0 saturated heterocycles. The number of fused-ring (bicyclic) bond motifs is 3. The average Bonchev–Trinajstić information content (AvgIpc) is 2.80. The van der Waals surface area contributed by atoms with Crippen molar-refractivity contribution in [3.8, 4) is 11.8 Å². The van der Waals surface area contributed by atoms with Gasteiger partial charge in [-0.1, -0.05) is 92.4 Å². The molecule has 0 aliphatic rings. The van der Waals surface area contributed by atoms with Crippen molar-refractivity contribution >= 4 is 33.1 Å². The Labute approximate surface area is 193 Å². The molecule has 32 heavy (non-hydrogen) atoms. The van der Waals surface area contributed by atoms with Crippen molar-refractivity contribution in [2.24, 2.45) is 0 Å². The average molecular weight is 447 g/mol. The predicted octanol–water partition coefficient (Wildman–Crippen LogP) is 8.84. The molecule has 0 aliphatic carbocycles. The zero-order valence-electron chi connectivity index (χ0n) is 18.2. The predicted molar refractivity (Wildman–Crippen MR) is 131 cm³/mol. The monoisotopic (exact) mass is 446 g/mol. The van der Waals surface area contributed by atoms with Gasteiger partial charge in [-0.2, -0.15) is 0 Å². The summed E-state index contributed by atoms with van der Waals surface area (Å²) >= 11 is 5.53. The third-order valence-electron chi connectivity index (χ3n) is 5.80. The van der Waals surface area contributed by atoms with Gasteiger partial charge >= 0.3 is 0 Å². The number of unbranched alkanes of at least 4 members (excludes halogenated alkanes) is 4. The molecule has 4 rings (SSSR count). The minimum atomic E-state index is -0.804. The summed E-state index contributed by atoms with van der Waals surface area (Å²) in [6.07, 6.45) is 7.57. The maximum absolute atomic E-state index is 13.6. The molecule has 3 heteroatoms. The second kappa shape index (κ2) is 10.2. The van der Waals surface area contributed by atoms with Crippen LogP contribution in [0.1, 0.15) is 55.7 Å². The van der Waals surface area contributed by atoms with E-state index in [2.05, 4.69) is 55.2 Å². The van der Waals surface area contributed by atoms with Gasteiger partial charge in [-0.15, -0.1) is 0 Å². The fourth-order valence-corrected chi connectivity index (χ4v) is 4.17. The van der Waals surface area contributed by atoms with Crippen LogP contribution in [-0.4, -0.2) is 0 Å². The van der Waals surface area contributed by atoms with E-state index in [9.17, 15) is 8.78 Å². The van der Waals surface area contributed by atoms with Crippen molar-refractivity contribution in [2.45, 2.75) is 45.4 Å². The van der Waals surface area contributed by atoms with Crippen LogP contribution in [0.4, 0.5) is 8.78 Å². The van der Waals surface area contributed by atoms with Gasteiger partial charge in [0.05, 0.1) is 0 Å². The van der Waals surface area contributed by atoms with E-state index in [4.69, 9.17) is 11.6 Å². The first kappa shape index (κ1) is 22.3. The van der Waals surface area contributed by atoms with Crippen molar-refractivity contribution in [3.63, 3.8) is 0 Å². The van der Waals surface area contributed by atoms with Gasteiger partial charge in [-0.25, -0.2) is 8.78 Å². The minimum absolute atomic E-state index is 0.255. The van der Waals surface area contributed by atoms with Crippen LogP contribution in [0.3, 0.4) is 0 Å². The Balaban J connectivity index is 1.56. The van der Waals surface area contributed by atoms with Gasteiger partial charge in [-0.05, 0) is 64.2 Å². The highest BCUT2D eigenvalue weighted by Crippen LogP contribution is 2.28. The molecular weight excluding hydrogens is 422 g/mol. The Morgan fingerprint density at radius 3 is 2.03 bits per heavy atom. The molecule has 0 aliphatic heterocycles. The molecule has 0 spiro atoms. The smallest absolute Gasteiger partial charge is 0.146 e. The van der Waals surface area contributed by atoms with Gasteiger partial charge in [0.15, 0.2) is 0 Å². The Kier molecular flexibility index (Phi) is 7.08. The van der Waals surface area contributed by atoms with E-state index in [0.717, 1.165) is 29.5 Å². The molecule has 0 nitrogen and oxygen atoms in total. The van der Waals surface area contributed by atoms with E-state index in [1.165, 1.54) is 53.8 Å². The highest BCUT2D eigenvalue weighted by molar-refractivity contribution is 6.30. The summed E-state index contributed by atoms with van der Waals surface area (Å²) < 4.78 is 27.3. The van der Waals surface area contributed by atoms with Crippen LogP contribution in [0.5, 0.6) is 0 Å². The molecule has 0 saturated carbocycles. The lowest BCUT2D eigenvalue weighted by molar-refractivity contribution is 0.583. The van der Waals surface area contributed by atoms with Gasteiger partial charge in [-0.3, -0.25) is 0 Å². The minimum Gasteiger partial charge on any atom is -0.205 e. The highest BCUT2D eigenvalue weighted by Gasteiger charge is 2.07. The van der Waals surface area contributed by atoms with Crippen molar-refractivity contribution in [2.75, 3.05) is 0 Å². The first-order valence-corrected chi connectivity index (χ1v) is 11.5. The summed E-state index contributed by atoms with van der Waals surface area (Å²) in [6, 6.07) is 19.3. The number of hydrogen-bond donors (Lipinski definition) is 0. The summed E-state index contributed by atoms with van der Waals surface area (Å²) in [4.78, 5) is 0. The quantitative estimate of drug-likeness (QED) is 0.120. The van der Waals surface area contributed by atoms with E-state index < -0.39 is 16.7 Å². The Morgan fingerprint density at radius 2 is 1.31 bits per heavy atom. The second-order valence-corrected chi connectivity index (χ2v) is 8.60. The summed E-state index contributed by atoms with van der Waals surface area (Å²) in [6.45, 7) is 2.24. The van der Waals surface area contributed by atoms with Crippen LogP contribution >= 0.6 is 11.6 Å². The van der Waals surface area contributed by atoms with Crippen LogP contribution in [0.25, 0.3) is 21.5 Å². The fraction of sp³-hybridized carbons (Fsp3) is 0.241. The first-order valence-electron chi connectivity index (χ1n) is 11.2. The number of halogens is 3. The van der Waals surface area contributed by atoms with Gasteiger partial charge < -0.3 is 0 Å². The van der Waals surface area contributed by atoms with Gasteiger partial charge in [0.2, 0.25) is 0 Å². The maximum Gasteiger partial charge on any atom is 0.146 e. The fourth-order valence-electron chi connectivity index (χ4n) is 4.06. The lowest BCUT2D eigenvalue weighted by Gasteiger charge is -2.08. The molecule has 0 bridgehead atoms. The molecule has 0 aromatic heterocycles. The molecule has 0 heterocycles. The highest BCUT2D eigenvalue weighted by atomic mass is 35.5. The van der Waals surface area contributed by atoms with Crippen molar-refractivity contribution < 1.29 is 8.78 Å². The zero-order valence-corrected chi connectivity index (χ0v) is 18.9. The molecule has 0 amide bonds.